The second-order valence-corrected chi connectivity index (χ2v) is 4.15. The first-order chi connectivity index (χ1) is 8.16. The van der Waals surface area contributed by atoms with Crippen LogP contribution in [0.4, 0.5) is 4.39 Å². The summed E-state index contributed by atoms with van der Waals surface area (Å²) >= 11 is 0. The van der Waals surface area contributed by atoms with Crippen molar-refractivity contribution in [2.75, 3.05) is 0 Å². The lowest BCUT2D eigenvalue weighted by Crippen LogP contribution is -2.07. The molecule has 4 nitrogen and oxygen atoms in total. The molecule has 0 unspecified atom stereocenters. The Balaban J connectivity index is 2.35. The number of halogens is 1. The van der Waals surface area contributed by atoms with E-state index in [1.54, 1.807) is 12.1 Å². The zero-order valence-corrected chi connectivity index (χ0v) is 8.85. The molecule has 2 aromatic rings. The summed E-state index contributed by atoms with van der Waals surface area (Å²) in [7, 11) is 0. The van der Waals surface area contributed by atoms with E-state index in [4.69, 9.17) is 5.11 Å². The second-order valence-electron chi connectivity index (χ2n) is 4.15. The summed E-state index contributed by atoms with van der Waals surface area (Å²) in [5.74, 6) is -1.81. The van der Waals surface area contributed by atoms with Gasteiger partial charge in [-0.15, -0.1) is 0 Å². The topological polar surface area (TPSA) is 63.1 Å². The van der Waals surface area contributed by atoms with Crippen LogP contribution in [0.15, 0.2) is 18.2 Å². The van der Waals surface area contributed by atoms with Crippen LogP contribution in [0, 0.1) is 5.82 Å². The van der Waals surface area contributed by atoms with Gasteiger partial charge in [0.1, 0.15) is 11.3 Å². The molecule has 0 atom stereocenters. The van der Waals surface area contributed by atoms with Crippen LogP contribution in [0.2, 0.25) is 0 Å². The standard InChI is InChI=1S/C12H9FN2O2/c13-8-3-1-2-7-9(6-4-5-6)14-11(12(16)17)15-10(7)8/h1-3,6H,4-5H2,(H,16,17). The third-order valence-electron chi connectivity index (χ3n) is 2.86. The van der Waals surface area contributed by atoms with Crippen molar-refractivity contribution in [1.29, 1.82) is 0 Å². The van der Waals surface area contributed by atoms with E-state index >= 15 is 0 Å². The third kappa shape index (κ3) is 1.63. The van der Waals surface area contributed by atoms with Gasteiger partial charge in [-0.2, -0.15) is 0 Å². The number of aromatic nitrogens is 2. The number of nitrogens with zero attached hydrogens (tertiary/aromatic N) is 2. The lowest BCUT2D eigenvalue weighted by molar-refractivity contribution is 0.0683. The summed E-state index contributed by atoms with van der Waals surface area (Å²) in [5.41, 5.74) is 0.758. The SMILES string of the molecule is O=C(O)c1nc(C2CC2)c2cccc(F)c2n1. The fraction of sp³-hybridized carbons (Fsp3) is 0.250. The maximum Gasteiger partial charge on any atom is 0.373 e. The molecule has 1 fully saturated rings. The van der Waals surface area contributed by atoms with Gasteiger partial charge in [-0.1, -0.05) is 12.1 Å². The van der Waals surface area contributed by atoms with Gasteiger partial charge >= 0.3 is 5.97 Å². The minimum absolute atomic E-state index is 0.0989. The first-order valence-corrected chi connectivity index (χ1v) is 5.36. The van der Waals surface area contributed by atoms with E-state index in [9.17, 15) is 9.18 Å². The minimum Gasteiger partial charge on any atom is -0.475 e. The van der Waals surface area contributed by atoms with Gasteiger partial charge in [0.25, 0.3) is 0 Å². The third-order valence-corrected chi connectivity index (χ3v) is 2.86. The van der Waals surface area contributed by atoms with E-state index in [2.05, 4.69) is 9.97 Å². The van der Waals surface area contributed by atoms with Crippen LogP contribution in [-0.4, -0.2) is 21.0 Å². The van der Waals surface area contributed by atoms with Crippen LogP contribution in [0.25, 0.3) is 10.9 Å². The molecule has 1 saturated carbocycles. The quantitative estimate of drug-likeness (QED) is 0.863. The molecular formula is C12H9FN2O2. The molecule has 17 heavy (non-hydrogen) atoms. The highest BCUT2D eigenvalue weighted by Crippen LogP contribution is 2.41. The number of rotatable bonds is 2. The number of carboxylic acid groups (broad SMARTS) is 1. The molecule has 0 aliphatic heterocycles. The van der Waals surface area contributed by atoms with E-state index in [1.807, 2.05) is 0 Å². The van der Waals surface area contributed by atoms with Gasteiger partial charge in [0.2, 0.25) is 5.82 Å². The molecule has 3 rings (SSSR count). The lowest BCUT2D eigenvalue weighted by atomic mass is 10.1. The summed E-state index contributed by atoms with van der Waals surface area (Å²) in [6.07, 6.45) is 1.95. The van der Waals surface area contributed by atoms with E-state index in [1.165, 1.54) is 6.07 Å². The summed E-state index contributed by atoms with van der Waals surface area (Å²) in [6, 6.07) is 4.60. The Bertz CT molecular complexity index is 623. The number of carboxylic acids is 1. The molecule has 1 aromatic heterocycles. The lowest BCUT2D eigenvalue weighted by Gasteiger charge is -2.06. The molecule has 86 valence electrons. The van der Waals surface area contributed by atoms with Gasteiger partial charge in [-0.3, -0.25) is 0 Å². The molecule has 5 heteroatoms. The Morgan fingerprint density at radius 1 is 1.35 bits per heavy atom. The summed E-state index contributed by atoms with van der Waals surface area (Å²) in [6.45, 7) is 0. The molecule has 0 saturated heterocycles. The van der Waals surface area contributed by atoms with Crippen molar-refractivity contribution < 1.29 is 14.3 Å². The summed E-state index contributed by atoms with van der Waals surface area (Å²) in [5, 5.41) is 9.54. The highest BCUT2D eigenvalue weighted by atomic mass is 19.1. The van der Waals surface area contributed by atoms with Gasteiger partial charge in [0.15, 0.2) is 0 Å². The normalized spacial score (nSPS) is 15.1. The number of carbonyl (C=O) groups is 1. The molecule has 1 N–H and O–H groups in total. The molecule has 1 heterocycles. The van der Waals surface area contributed by atoms with E-state index in [0.717, 1.165) is 12.8 Å². The Morgan fingerprint density at radius 3 is 2.76 bits per heavy atom. The van der Waals surface area contributed by atoms with Crippen molar-refractivity contribution in [3.8, 4) is 0 Å². The Labute approximate surface area is 96.1 Å². The molecule has 1 aliphatic carbocycles. The minimum atomic E-state index is -1.22. The van der Waals surface area contributed by atoms with Crippen LogP contribution >= 0.6 is 0 Å². The Hall–Kier alpha value is -2.04. The van der Waals surface area contributed by atoms with Crippen molar-refractivity contribution in [3.05, 3.63) is 35.5 Å². The fourth-order valence-electron chi connectivity index (χ4n) is 1.90. The maximum atomic E-state index is 13.6. The summed E-state index contributed by atoms with van der Waals surface area (Å²) in [4.78, 5) is 18.7. The average Bonchev–Trinajstić information content (AvgIpc) is 3.12. The second kappa shape index (κ2) is 3.48. The van der Waals surface area contributed by atoms with Gasteiger partial charge < -0.3 is 5.11 Å². The van der Waals surface area contributed by atoms with Crippen LogP contribution in [0.1, 0.15) is 35.1 Å². The number of benzene rings is 1. The molecule has 0 spiro atoms. The fourth-order valence-corrected chi connectivity index (χ4v) is 1.90. The molecular weight excluding hydrogens is 223 g/mol. The van der Waals surface area contributed by atoms with E-state index in [-0.39, 0.29) is 17.3 Å². The van der Waals surface area contributed by atoms with E-state index in [0.29, 0.717) is 11.1 Å². The number of para-hydroxylation sites is 1. The number of hydrogen-bond donors (Lipinski definition) is 1. The van der Waals surface area contributed by atoms with Crippen molar-refractivity contribution >= 4 is 16.9 Å². The maximum absolute atomic E-state index is 13.6. The van der Waals surface area contributed by atoms with Gasteiger partial charge in [0.05, 0.1) is 5.69 Å². The molecule has 0 bridgehead atoms. The zero-order valence-electron chi connectivity index (χ0n) is 8.85. The molecule has 1 aliphatic rings. The Morgan fingerprint density at radius 2 is 2.12 bits per heavy atom. The average molecular weight is 232 g/mol. The predicted octanol–water partition coefficient (Wildman–Crippen LogP) is 2.34. The highest BCUT2D eigenvalue weighted by molar-refractivity contribution is 5.89. The number of aromatic carboxylic acids is 1. The van der Waals surface area contributed by atoms with Gasteiger partial charge in [0, 0.05) is 11.3 Å². The highest BCUT2D eigenvalue weighted by Gasteiger charge is 2.29. The van der Waals surface area contributed by atoms with Crippen LogP contribution in [0.3, 0.4) is 0 Å². The number of hydrogen-bond acceptors (Lipinski definition) is 3. The van der Waals surface area contributed by atoms with Crippen molar-refractivity contribution in [2.45, 2.75) is 18.8 Å². The first kappa shape index (κ1) is 10.1. The number of fused-ring (bicyclic) bond motifs is 1. The van der Waals surface area contributed by atoms with Gasteiger partial charge in [-0.05, 0) is 18.9 Å². The van der Waals surface area contributed by atoms with Crippen molar-refractivity contribution in [1.82, 2.24) is 9.97 Å². The molecule has 1 aromatic carbocycles. The molecule has 0 radical (unpaired) electrons. The van der Waals surface area contributed by atoms with Crippen LogP contribution in [-0.2, 0) is 0 Å². The largest absolute Gasteiger partial charge is 0.475 e. The summed E-state index contributed by atoms with van der Waals surface area (Å²) < 4.78 is 13.6. The smallest absolute Gasteiger partial charge is 0.373 e. The first-order valence-electron chi connectivity index (χ1n) is 5.36. The van der Waals surface area contributed by atoms with Gasteiger partial charge in [-0.25, -0.2) is 19.2 Å². The Kier molecular flexibility index (Phi) is 2.07. The molecule has 0 amide bonds. The van der Waals surface area contributed by atoms with E-state index < -0.39 is 11.8 Å². The predicted molar refractivity (Wildman–Crippen MR) is 58.4 cm³/mol. The monoisotopic (exact) mass is 232 g/mol. The van der Waals surface area contributed by atoms with Crippen molar-refractivity contribution in [2.24, 2.45) is 0 Å². The van der Waals surface area contributed by atoms with Crippen LogP contribution < -0.4 is 0 Å². The van der Waals surface area contributed by atoms with Crippen molar-refractivity contribution in [3.63, 3.8) is 0 Å². The zero-order chi connectivity index (χ0) is 12.0. The van der Waals surface area contributed by atoms with Crippen LogP contribution in [0.5, 0.6) is 0 Å².